The van der Waals surface area contributed by atoms with Crippen molar-refractivity contribution in [3.63, 3.8) is 0 Å². The molecule has 4 heterocycles. The summed E-state index contributed by atoms with van der Waals surface area (Å²) in [5.74, 6) is -1.71. The van der Waals surface area contributed by atoms with Gasteiger partial charge < -0.3 is 19.8 Å². The lowest BCUT2D eigenvalue weighted by molar-refractivity contribution is -0.145. The maximum atomic E-state index is 14.7. The standard InChI is InChI=1S/C33H37N3O4S/c1-4-24(20-37)36-29-32(40)35(28-21(2)11-8-12-22(28)3)18-10-16-33(29)27(31(36)39)26-25(41-33)15-9-17-34(30(26)38)19-23-13-6-5-7-14-23/h5-16,24-27,29,37H,4,17-20H2,1-3H3/t24-,25-,26+,27-,29?,33-/m0/s1. The number of likely N-dealkylation sites (tertiary alicyclic amines) is 1. The molecule has 1 unspecified atom stereocenters. The van der Waals surface area contributed by atoms with Gasteiger partial charge in [0.15, 0.2) is 0 Å². The van der Waals surface area contributed by atoms with Crippen molar-refractivity contribution in [3.8, 4) is 0 Å². The number of amides is 3. The fourth-order valence-corrected chi connectivity index (χ4v) is 9.31. The molecule has 1 spiro atoms. The third-order valence-corrected chi connectivity index (χ3v) is 10.9. The molecule has 41 heavy (non-hydrogen) atoms. The molecule has 3 amide bonds. The predicted octanol–water partition coefficient (Wildman–Crippen LogP) is 3.87. The Morgan fingerprint density at radius 3 is 2.37 bits per heavy atom. The molecule has 0 aromatic heterocycles. The molecule has 7 nitrogen and oxygen atoms in total. The van der Waals surface area contributed by atoms with Crippen LogP contribution in [0.2, 0.25) is 0 Å². The van der Waals surface area contributed by atoms with Crippen molar-refractivity contribution in [1.82, 2.24) is 9.80 Å². The van der Waals surface area contributed by atoms with Gasteiger partial charge in [0.25, 0.3) is 5.91 Å². The van der Waals surface area contributed by atoms with Gasteiger partial charge >= 0.3 is 0 Å². The van der Waals surface area contributed by atoms with E-state index >= 15 is 0 Å². The number of thioether (sulfide) groups is 1. The van der Waals surface area contributed by atoms with Crippen LogP contribution in [0.1, 0.15) is 30.0 Å². The number of nitrogens with zero attached hydrogens (tertiary/aromatic N) is 3. The first-order chi connectivity index (χ1) is 19.8. The van der Waals surface area contributed by atoms with Gasteiger partial charge in [-0.25, -0.2) is 0 Å². The highest BCUT2D eigenvalue weighted by Crippen LogP contribution is 2.61. The molecule has 2 fully saturated rings. The minimum atomic E-state index is -0.910. The van der Waals surface area contributed by atoms with Crippen LogP contribution in [0.4, 0.5) is 5.69 Å². The van der Waals surface area contributed by atoms with E-state index in [1.54, 1.807) is 21.6 Å². The molecular formula is C33H37N3O4S. The van der Waals surface area contributed by atoms with E-state index < -0.39 is 28.7 Å². The number of carbonyl (C=O) groups is 3. The Morgan fingerprint density at radius 1 is 0.951 bits per heavy atom. The smallest absolute Gasteiger partial charge is 0.251 e. The van der Waals surface area contributed by atoms with Crippen LogP contribution in [0.15, 0.2) is 72.8 Å². The van der Waals surface area contributed by atoms with Crippen LogP contribution in [-0.2, 0) is 20.9 Å². The molecule has 2 aromatic carbocycles. The zero-order valence-corrected chi connectivity index (χ0v) is 24.6. The van der Waals surface area contributed by atoms with Gasteiger partial charge in [0.1, 0.15) is 6.04 Å². The molecule has 2 saturated heterocycles. The number of para-hydroxylation sites is 1. The second kappa shape index (κ2) is 10.8. The number of hydrogen-bond acceptors (Lipinski definition) is 5. The number of carbonyl (C=O) groups excluding carboxylic acids is 3. The average molecular weight is 572 g/mol. The fourth-order valence-electron chi connectivity index (χ4n) is 7.31. The lowest BCUT2D eigenvalue weighted by atomic mass is 9.78. The molecular weight excluding hydrogens is 534 g/mol. The van der Waals surface area contributed by atoms with E-state index in [1.165, 1.54) is 0 Å². The van der Waals surface area contributed by atoms with Gasteiger partial charge in [-0.3, -0.25) is 14.4 Å². The predicted molar refractivity (Wildman–Crippen MR) is 161 cm³/mol. The Morgan fingerprint density at radius 2 is 1.68 bits per heavy atom. The third-order valence-electron chi connectivity index (χ3n) is 9.18. The van der Waals surface area contributed by atoms with Gasteiger partial charge in [0.05, 0.1) is 29.2 Å². The van der Waals surface area contributed by atoms with Crippen molar-refractivity contribution in [2.75, 3.05) is 24.6 Å². The molecule has 4 aliphatic rings. The van der Waals surface area contributed by atoms with Gasteiger partial charge in [-0.2, -0.15) is 0 Å². The number of aliphatic hydroxyl groups excluding tert-OH is 1. The van der Waals surface area contributed by atoms with Crippen LogP contribution in [0, 0.1) is 25.7 Å². The summed E-state index contributed by atoms with van der Waals surface area (Å²) in [4.78, 5) is 48.8. The first kappa shape index (κ1) is 27.8. The summed E-state index contributed by atoms with van der Waals surface area (Å²) in [7, 11) is 0. The third kappa shape index (κ3) is 4.34. The van der Waals surface area contributed by atoms with E-state index in [4.69, 9.17) is 0 Å². The van der Waals surface area contributed by atoms with E-state index in [2.05, 4.69) is 6.08 Å². The van der Waals surface area contributed by atoms with Gasteiger partial charge in [0.2, 0.25) is 11.8 Å². The maximum absolute atomic E-state index is 14.7. The van der Waals surface area contributed by atoms with Crippen LogP contribution in [0.5, 0.6) is 0 Å². The average Bonchev–Trinajstić information content (AvgIpc) is 3.29. The van der Waals surface area contributed by atoms with Crippen molar-refractivity contribution >= 4 is 35.2 Å². The highest BCUT2D eigenvalue weighted by atomic mass is 32.2. The molecule has 0 aliphatic carbocycles. The quantitative estimate of drug-likeness (QED) is 0.533. The molecule has 8 heteroatoms. The van der Waals surface area contributed by atoms with Crippen molar-refractivity contribution in [3.05, 3.63) is 89.5 Å². The first-order valence-electron chi connectivity index (χ1n) is 14.5. The Bertz CT molecular complexity index is 1400. The maximum Gasteiger partial charge on any atom is 0.251 e. The number of anilines is 1. The minimum absolute atomic E-state index is 0.0547. The largest absolute Gasteiger partial charge is 0.394 e. The van der Waals surface area contributed by atoms with Crippen molar-refractivity contribution < 1.29 is 19.5 Å². The Balaban J connectivity index is 1.44. The number of rotatable bonds is 6. The summed E-state index contributed by atoms with van der Waals surface area (Å²) in [6.45, 7) is 6.99. The van der Waals surface area contributed by atoms with Crippen LogP contribution in [-0.4, -0.2) is 74.4 Å². The number of fused-ring (bicyclic) bond motifs is 2. The van der Waals surface area contributed by atoms with Gasteiger partial charge in [-0.05, 0) is 37.0 Å². The fraction of sp³-hybridized carbons (Fsp3) is 0.424. The summed E-state index contributed by atoms with van der Waals surface area (Å²) < 4.78 is -0.910. The van der Waals surface area contributed by atoms with E-state index in [0.717, 1.165) is 22.4 Å². The Labute approximate surface area is 245 Å². The topological polar surface area (TPSA) is 81.2 Å². The number of aryl methyl sites for hydroxylation is 2. The molecule has 214 valence electrons. The van der Waals surface area contributed by atoms with E-state index in [-0.39, 0.29) is 29.6 Å². The molecule has 6 rings (SSSR count). The second-order valence-electron chi connectivity index (χ2n) is 11.6. The first-order valence-corrected chi connectivity index (χ1v) is 15.4. The molecule has 2 aromatic rings. The van der Waals surface area contributed by atoms with Gasteiger partial charge in [-0.15, -0.1) is 11.8 Å². The summed E-state index contributed by atoms with van der Waals surface area (Å²) in [5.41, 5.74) is 3.87. The van der Waals surface area contributed by atoms with Crippen molar-refractivity contribution in [1.29, 1.82) is 0 Å². The highest BCUT2D eigenvalue weighted by molar-refractivity contribution is 8.02. The molecule has 1 N–H and O–H groups in total. The second-order valence-corrected chi connectivity index (χ2v) is 13.0. The number of benzene rings is 2. The van der Waals surface area contributed by atoms with Gasteiger partial charge in [0, 0.05) is 30.6 Å². The number of aliphatic hydroxyl groups is 1. The number of hydrogen-bond donors (Lipinski definition) is 1. The monoisotopic (exact) mass is 571 g/mol. The molecule has 0 bridgehead atoms. The van der Waals surface area contributed by atoms with E-state index in [0.29, 0.717) is 26.1 Å². The lowest BCUT2D eigenvalue weighted by Crippen LogP contribution is -2.56. The zero-order valence-electron chi connectivity index (χ0n) is 23.8. The molecule has 0 saturated carbocycles. The summed E-state index contributed by atoms with van der Waals surface area (Å²) in [6.07, 6.45) is 8.64. The zero-order chi connectivity index (χ0) is 28.9. The highest BCUT2D eigenvalue weighted by Gasteiger charge is 2.71. The normalized spacial score (nSPS) is 29.8. The van der Waals surface area contributed by atoms with Gasteiger partial charge in [-0.1, -0.05) is 79.8 Å². The lowest BCUT2D eigenvalue weighted by Gasteiger charge is -2.38. The Kier molecular flexibility index (Phi) is 7.32. The molecule has 0 radical (unpaired) electrons. The molecule has 4 aliphatic heterocycles. The SMILES string of the molecule is CC[C@@H](CO)N1C(=O)[C@@H]2[C@@H]3C(=O)N(Cc4ccccc4)CC=C[C@@H]3S[C@@]23C=CCN(c2c(C)cccc2C)C(=O)C13. The van der Waals surface area contributed by atoms with Crippen LogP contribution >= 0.6 is 11.8 Å². The van der Waals surface area contributed by atoms with Crippen LogP contribution < -0.4 is 4.90 Å². The van der Waals surface area contributed by atoms with E-state index in [9.17, 15) is 19.5 Å². The summed E-state index contributed by atoms with van der Waals surface area (Å²) in [5, 5.41) is 10.2. The Hall–Kier alpha value is -3.36. The van der Waals surface area contributed by atoms with Crippen molar-refractivity contribution in [2.24, 2.45) is 11.8 Å². The summed E-state index contributed by atoms with van der Waals surface area (Å²) >= 11 is 1.58. The van der Waals surface area contributed by atoms with Crippen molar-refractivity contribution in [2.45, 2.75) is 55.8 Å². The van der Waals surface area contributed by atoms with Crippen LogP contribution in [0.3, 0.4) is 0 Å². The van der Waals surface area contributed by atoms with E-state index in [1.807, 2.05) is 92.4 Å². The van der Waals surface area contributed by atoms with Crippen LogP contribution in [0.25, 0.3) is 0 Å². The molecule has 6 atom stereocenters. The minimum Gasteiger partial charge on any atom is -0.394 e. The summed E-state index contributed by atoms with van der Waals surface area (Å²) in [6, 6.07) is 14.5.